The fraction of sp³-hybridized carbons (Fsp3) is 1.00. The van der Waals surface area contributed by atoms with Gasteiger partial charge < -0.3 is 9.47 Å². The van der Waals surface area contributed by atoms with Crippen LogP contribution in [0.15, 0.2) is 0 Å². The monoisotopic (exact) mass is 298 g/mol. The molecule has 2 atom stereocenters. The normalized spacial score (nSPS) is 35.3. The van der Waals surface area contributed by atoms with Gasteiger partial charge in [0, 0.05) is 5.41 Å². The molecule has 1 rings (SSSR count). The molecule has 1 aliphatic rings. The van der Waals surface area contributed by atoms with Crippen molar-refractivity contribution in [1.29, 1.82) is 0 Å². The Labute approximate surface area is 133 Å². The van der Waals surface area contributed by atoms with Crippen molar-refractivity contribution < 1.29 is 9.47 Å². The third kappa shape index (κ3) is 5.90. The van der Waals surface area contributed by atoms with Crippen molar-refractivity contribution >= 4 is 0 Å². The second kappa shape index (κ2) is 6.58. The summed E-state index contributed by atoms with van der Waals surface area (Å²) in [6.45, 7) is 20.3. The second-order valence-electron chi connectivity index (χ2n) is 9.53. The van der Waals surface area contributed by atoms with E-state index in [0.717, 1.165) is 25.7 Å². The Morgan fingerprint density at radius 3 is 1.43 bits per heavy atom. The summed E-state index contributed by atoms with van der Waals surface area (Å²) in [6.07, 6.45) is 4.23. The van der Waals surface area contributed by atoms with Crippen LogP contribution in [0.2, 0.25) is 0 Å². The summed E-state index contributed by atoms with van der Waals surface area (Å²) in [5.74, 6) is 1.29. The first-order chi connectivity index (χ1) is 9.35. The summed E-state index contributed by atoms with van der Waals surface area (Å²) in [6, 6.07) is 0. The van der Waals surface area contributed by atoms with Crippen LogP contribution in [0.4, 0.5) is 0 Å². The first-order valence-electron chi connectivity index (χ1n) is 8.71. The Kier molecular flexibility index (Phi) is 5.94. The van der Waals surface area contributed by atoms with Crippen LogP contribution in [0.25, 0.3) is 0 Å². The number of hydrogen-bond donors (Lipinski definition) is 0. The molecule has 0 bridgehead atoms. The van der Waals surface area contributed by atoms with Gasteiger partial charge in [0.2, 0.25) is 0 Å². The molecule has 0 aliphatic carbocycles. The topological polar surface area (TPSA) is 18.5 Å². The maximum Gasteiger partial charge on any atom is 0.163 e. The SMILES string of the molecule is CC(C)CC1(C)CCC(C)(CC(C)C)OC(C(C)(C)C)O1. The van der Waals surface area contributed by atoms with Crippen molar-refractivity contribution in [3.63, 3.8) is 0 Å². The van der Waals surface area contributed by atoms with Gasteiger partial charge in [-0.2, -0.15) is 0 Å². The van der Waals surface area contributed by atoms with Gasteiger partial charge in [-0.1, -0.05) is 48.5 Å². The third-order valence-electron chi connectivity index (χ3n) is 4.35. The summed E-state index contributed by atoms with van der Waals surface area (Å²) in [5.41, 5.74) is -0.136. The van der Waals surface area contributed by atoms with Crippen molar-refractivity contribution in [3.8, 4) is 0 Å². The summed E-state index contributed by atoms with van der Waals surface area (Å²) in [7, 11) is 0. The predicted molar refractivity (Wildman–Crippen MR) is 90.4 cm³/mol. The highest BCUT2D eigenvalue weighted by Crippen LogP contribution is 2.43. The van der Waals surface area contributed by atoms with Gasteiger partial charge in [0.25, 0.3) is 0 Å². The number of rotatable bonds is 4. The van der Waals surface area contributed by atoms with E-state index in [4.69, 9.17) is 9.47 Å². The maximum atomic E-state index is 6.53. The highest BCUT2D eigenvalue weighted by atomic mass is 16.7. The molecule has 1 heterocycles. The molecule has 0 aromatic rings. The molecule has 0 N–H and O–H groups in total. The minimum Gasteiger partial charge on any atom is -0.346 e. The van der Waals surface area contributed by atoms with E-state index >= 15 is 0 Å². The van der Waals surface area contributed by atoms with Crippen molar-refractivity contribution in [1.82, 2.24) is 0 Å². The molecule has 0 amide bonds. The van der Waals surface area contributed by atoms with E-state index in [1.54, 1.807) is 0 Å². The summed E-state index contributed by atoms with van der Waals surface area (Å²) < 4.78 is 13.1. The van der Waals surface area contributed by atoms with Crippen LogP contribution in [0.5, 0.6) is 0 Å². The Morgan fingerprint density at radius 2 is 1.19 bits per heavy atom. The van der Waals surface area contributed by atoms with Crippen LogP contribution < -0.4 is 0 Å². The zero-order valence-corrected chi connectivity index (χ0v) is 15.9. The van der Waals surface area contributed by atoms with Gasteiger partial charge in [0.15, 0.2) is 6.29 Å². The molecule has 0 saturated carbocycles. The lowest BCUT2D eigenvalue weighted by molar-refractivity contribution is -0.269. The van der Waals surface area contributed by atoms with Crippen LogP contribution in [0.1, 0.15) is 88.0 Å². The van der Waals surface area contributed by atoms with E-state index in [-0.39, 0.29) is 22.9 Å². The summed E-state index contributed by atoms with van der Waals surface area (Å²) in [5, 5.41) is 0. The molecular weight excluding hydrogens is 260 g/mol. The van der Waals surface area contributed by atoms with E-state index in [0.29, 0.717) is 11.8 Å². The molecule has 0 radical (unpaired) electrons. The van der Waals surface area contributed by atoms with Crippen LogP contribution >= 0.6 is 0 Å². The van der Waals surface area contributed by atoms with Gasteiger partial charge in [0.05, 0.1) is 11.2 Å². The Bertz CT molecular complexity index is 303. The zero-order valence-electron chi connectivity index (χ0n) is 15.9. The Balaban J connectivity index is 3.00. The highest BCUT2D eigenvalue weighted by Gasteiger charge is 2.44. The average Bonchev–Trinajstić information content (AvgIpc) is 2.34. The van der Waals surface area contributed by atoms with Crippen LogP contribution in [0.3, 0.4) is 0 Å². The first kappa shape index (κ1) is 19.0. The van der Waals surface area contributed by atoms with Gasteiger partial charge in [-0.05, 0) is 51.4 Å². The quantitative estimate of drug-likeness (QED) is 0.653. The fourth-order valence-electron chi connectivity index (χ4n) is 3.57. The van der Waals surface area contributed by atoms with Crippen LogP contribution in [-0.2, 0) is 9.47 Å². The van der Waals surface area contributed by atoms with E-state index in [1.165, 1.54) is 0 Å². The molecule has 1 fully saturated rings. The molecule has 2 nitrogen and oxygen atoms in total. The lowest BCUT2D eigenvalue weighted by Crippen LogP contribution is -2.43. The van der Waals surface area contributed by atoms with Crippen molar-refractivity contribution in [2.24, 2.45) is 17.3 Å². The standard InChI is InChI=1S/C19H38O2/c1-14(2)12-18(8)10-11-19(9,13-15(3)4)21-16(20-18)17(5,6)7/h14-16H,10-13H2,1-9H3. The van der Waals surface area contributed by atoms with Crippen LogP contribution in [0, 0.1) is 17.3 Å². The first-order valence-corrected chi connectivity index (χ1v) is 8.71. The minimum absolute atomic E-state index is 0.000813. The van der Waals surface area contributed by atoms with E-state index < -0.39 is 0 Å². The molecule has 1 aliphatic heterocycles. The molecule has 2 heteroatoms. The summed E-state index contributed by atoms with van der Waals surface area (Å²) >= 11 is 0. The molecule has 126 valence electrons. The zero-order chi connectivity index (χ0) is 16.5. The van der Waals surface area contributed by atoms with Crippen molar-refractivity contribution in [2.45, 2.75) is 105 Å². The lowest BCUT2D eigenvalue weighted by atomic mass is 9.83. The van der Waals surface area contributed by atoms with Gasteiger partial charge in [-0.3, -0.25) is 0 Å². The van der Waals surface area contributed by atoms with E-state index in [1.807, 2.05) is 0 Å². The van der Waals surface area contributed by atoms with Crippen LogP contribution in [-0.4, -0.2) is 17.5 Å². The molecule has 21 heavy (non-hydrogen) atoms. The van der Waals surface area contributed by atoms with Crippen molar-refractivity contribution in [2.75, 3.05) is 0 Å². The largest absolute Gasteiger partial charge is 0.346 e. The highest BCUT2D eigenvalue weighted by molar-refractivity contribution is 4.90. The van der Waals surface area contributed by atoms with Gasteiger partial charge in [-0.15, -0.1) is 0 Å². The molecule has 0 aromatic heterocycles. The van der Waals surface area contributed by atoms with Gasteiger partial charge in [0.1, 0.15) is 0 Å². The second-order valence-corrected chi connectivity index (χ2v) is 9.53. The maximum absolute atomic E-state index is 6.53. The molecule has 0 aromatic carbocycles. The third-order valence-corrected chi connectivity index (χ3v) is 4.35. The average molecular weight is 299 g/mol. The molecule has 2 unspecified atom stereocenters. The molecular formula is C19H38O2. The lowest BCUT2D eigenvalue weighted by Gasteiger charge is -2.40. The molecule has 0 spiro atoms. The summed E-state index contributed by atoms with van der Waals surface area (Å²) in [4.78, 5) is 0. The van der Waals surface area contributed by atoms with Gasteiger partial charge >= 0.3 is 0 Å². The fourth-order valence-corrected chi connectivity index (χ4v) is 3.57. The smallest absolute Gasteiger partial charge is 0.163 e. The minimum atomic E-state index is -0.132. The molecule has 1 saturated heterocycles. The van der Waals surface area contributed by atoms with E-state index in [2.05, 4.69) is 62.3 Å². The van der Waals surface area contributed by atoms with E-state index in [9.17, 15) is 0 Å². The van der Waals surface area contributed by atoms with Gasteiger partial charge in [-0.25, -0.2) is 0 Å². The Hall–Kier alpha value is -0.0800. The number of ether oxygens (including phenoxy) is 2. The Morgan fingerprint density at radius 1 is 0.857 bits per heavy atom. The van der Waals surface area contributed by atoms with Crippen molar-refractivity contribution in [3.05, 3.63) is 0 Å². The predicted octanol–water partition coefficient (Wildman–Crippen LogP) is 5.80. The number of hydrogen-bond acceptors (Lipinski definition) is 2.